The highest BCUT2D eigenvalue weighted by atomic mass is 16.4. The van der Waals surface area contributed by atoms with E-state index in [4.69, 9.17) is 10.9 Å². The number of hydrogen-bond acceptors (Lipinski definition) is 3. The van der Waals surface area contributed by atoms with Crippen molar-refractivity contribution in [2.45, 2.75) is 38.1 Å². The Morgan fingerprint density at radius 1 is 1.24 bits per heavy atom. The molecule has 0 aliphatic heterocycles. The molecule has 1 aliphatic rings. The number of anilines is 1. The first-order chi connectivity index (χ1) is 10.2. The third kappa shape index (κ3) is 4.37. The number of rotatable bonds is 4. The summed E-state index contributed by atoms with van der Waals surface area (Å²) in [6.07, 6.45) is 5.39. The molecule has 0 bridgehead atoms. The van der Waals surface area contributed by atoms with Crippen LogP contribution in [-0.4, -0.2) is 23.1 Å². The molecule has 1 fully saturated rings. The van der Waals surface area contributed by atoms with Gasteiger partial charge in [-0.2, -0.15) is 0 Å². The third-order valence-corrected chi connectivity index (χ3v) is 3.87. The first kappa shape index (κ1) is 15.2. The van der Waals surface area contributed by atoms with Gasteiger partial charge in [0, 0.05) is 5.69 Å². The van der Waals surface area contributed by atoms with Crippen LogP contribution in [0, 0.1) is 5.92 Å². The Morgan fingerprint density at radius 2 is 1.90 bits per heavy atom. The van der Waals surface area contributed by atoms with Crippen molar-refractivity contribution >= 4 is 17.6 Å². The maximum absolute atomic E-state index is 12.1. The van der Waals surface area contributed by atoms with E-state index >= 15 is 0 Å². The number of nitrogens with two attached hydrogens (primary N) is 1. The lowest BCUT2D eigenvalue weighted by Crippen LogP contribution is -2.51. The molecule has 1 saturated carbocycles. The Kier molecular flexibility index (Phi) is 5.43. The standard InChI is InChI=1S/C15H22N4O2/c16-14(19-21)13(11-7-3-1-4-8-11)18-15(20)17-12-9-5-2-6-10-12/h2,5-6,9-11,13,21H,1,3-4,7-8H2,(H2,16,19)(H2,17,18,20). The quantitative estimate of drug-likeness (QED) is 0.297. The second-order valence-electron chi connectivity index (χ2n) is 5.37. The normalized spacial score (nSPS) is 18.0. The minimum absolute atomic E-state index is 0.0603. The second kappa shape index (κ2) is 7.52. The van der Waals surface area contributed by atoms with E-state index in [1.54, 1.807) is 12.1 Å². The van der Waals surface area contributed by atoms with E-state index in [0.29, 0.717) is 5.69 Å². The number of urea groups is 1. The van der Waals surface area contributed by atoms with Crippen LogP contribution in [0.5, 0.6) is 0 Å². The smallest absolute Gasteiger partial charge is 0.319 e. The maximum atomic E-state index is 12.1. The second-order valence-corrected chi connectivity index (χ2v) is 5.37. The number of nitrogens with one attached hydrogen (secondary N) is 2. The summed E-state index contributed by atoms with van der Waals surface area (Å²) in [5.74, 6) is 0.279. The molecule has 0 heterocycles. The average molecular weight is 290 g/mol. The molecule has 1 aromatic rings. The Morgan fingerprint density at radius 3 is 2.52 bits per heavy atom. The molecule has 0 aromatic heterocycles. The number of carbonyl (C=O) groups is 1. The van der Waals surface area contributed by atoms with Crippen LogP contribution in [0.4, 0.5) is 10.5 Å². The molecule has 5 N–H and O–H groups in total. The molecule has 2 rings (SSSR count). The van der Waals surface area contributed by atoms with Gasteiger partial charge in [-0.25, -0.2) is 4.79 Å². The summed E-state index contributed by atoms with van der Waals surface area (Å²) in [5, 5.41) is 17.6. The summed E-state index contributed by atoms with van der Waals surface area (Å²) in [6, 6.07) is 8.40. The van der Waals surface area contributed by atoms with Gasteiger partial charge in [-0.3, -0.25) is 0 Å². The van der Waals surface area contributed by atoms with Crippen LogP contribution >= 0.6 is 0 Å². The molecule has 1 unspecified atom stereocenters. The van der Waals surface area contributed by atoms with E-state index in [9.17, 15) is 4.79 Å². The number of amidine groups is 1. The van der Waals surface area contributed by atoms with Crippen LogP contribution in [0.15, 0.2) is 35.5 Å². The predicted octanol–water partition coefficient (Wildman–Crippen LogP) is 2.50. The van der Waals surface area contributed by atoms with Gasteiger partial charge >= 0.3 is 6.03 Å². The van der Waals surface area contributed by atoms with Gasteiger partial charge in [-0.05, 0) is 30.9 Å². The molecule has 21 heavy (non-hydrogen) atoms. The van der Waals surface area contributed by atoms with Crippen molar-refractivity contribution in [3.63, 3.8) is 0 Å². The molecule has 0 radical (unpaired) electrons. The highest BCUT2D eigenvalue weighted by molar-refractivity contribution is 5.94. The van der Waals surface area contributed by atoms with Gasteiger partial charge in [0.2, 0.25) is 0 Å². The molecule has 2 amide bonds. The molecule has 1 aromatic carbocycles. The summed E-state index contributed by atoms with van der Waals surface area (Å²) >= 11 is 0. The lowest BCUT2D eigenvalue weighted by atomic mass is 9.83. The van der Waals surface area contributed by atoms with Crippen molar-refractivity contribution in [2.24, 2.45) is 16.8 Å². The van der Waals surface area contributed by atoms with Crippen molar-refractivity contribution < 1.29 is 10.0 Å². The van der Waals surface area contributed by atoms with Crippen LogP contribution in [0.1, 0.15) is 32.1 Å². The number of nitrogens with zero attached hydrogens (tertiary/aromatic N) is 1. The molecular formula is C15H22N4O2. The van der Waals surface area contributed by atoms with Gasteiger partial charge in [0.05, 0.1) is 6.04 Å². The number of amides is 2. The first-order valence-electron chi connectivity index (χ1n) is 7.30. The molecule has 0 spiro atoms. The first-order valence-corrected chi connectivity index (χ1v) is 7.30. The van der Waals surface area contributed by atoms with Crippen LogP contribution in [-0.2, 0) is 0 Å². The van der Waals surface area contributed by atoms with Gasteiger partial charge in [0.25, 0.3) is 0 Å². The monoisotopic (exact) mass is 290 g/mol. The van der Waals surface area contributed by atoms with Crippen molar-refractivity contribution in [3.8, 4) is 0 Å². The minimum Gasteiger partial charge on any atom is -0.409 e. The maximum Gasteiger partial charge on any atom is 0.319 e. The minimum atomic E-state index is -0.431. The van der Waals surface area contributed by atoms with Crippen molar-refractivity contribution in [3.05, 3.63) is 30.3 Å². The Bertz CT molecular complexity index is 484. The Labute approximate surface area is 124 Å². The Balaban J connectivity index is 1.99. The van der Waals surface area contributed by atoms with E-state index in [1.807, 2.05) is 18.2 Å². The van der Waals surface area contributed by atoms with Crippen molar-refractivity contribution in [1.29, 1.82) is 0 Å². The van der Waals surface area contributed by atoms with Gasteiger partial charge in [0.1, 0.15) is 0 Å². The summed E-state index contributed by atoms with van der Waals surface area (Å²) < 4.78 is 0. The fourth-order valence-electron chi connectivity index (χ4n) is 2.79. The van der Waals surface area contributed by atoms with Crippen molar-refractivity contribution in [1.82, 2.24) is 5.32 Å². The zero-order valence-electron chi connectivity index (χ0n) is 12.0. The van der Waals surface area contributed by atoms with Crippen LogP contribution in [0.25, 0.3) is 0 Å². The largest absolute Gasteiger partial charge is 0.409 e. The molecule has 0 saturated heterocycles. The summed E-state index contributed by atoms with van der Waals surface area (Å²) in [6.45, 7) is 0. The lowest BCUT2D eigenvalue weighted by molar-refractivity contribution is 0.240. The summed E-state index contributed by atoms with van der Waals surface area (Å²) in [5.41, 5.74) is 6.45. The van der Waals surface area contributed by atoms with Crippen LogP contribution in [0.2, 0.25) is 0 Å². The molecule has 1 aliphatic carbocycles. The molecule has 6 heteroatoms. The fourth-order valence-corrected chi connectivity index (χ4v) is 2.79. The van der Waals surface area contributed by atoms with Gasteiger partial charge in [-0.1, -0.05) is 42.6 Å². The van der Waals surface area contributed by atoms with E-state index in [0.717, 1.165) is 25.7 Å². The summed E-state index contributed by atoms with van der Waals surface area (Å²) in [7, 11) is 0. The van der Waals surface area contributed by atoms with E-state index < -0.39 is 6.04 Å². The zero-order chi connectivity index (χ0) is 15.1. The van der Waals surface area contributed by atoms with Crippen molar-refractivity contribution in [2.75, 3.05) is 5.32 Å². The summed E-state index contributed by atoms with van der Waals surface area (Å²) in [4.78, 5) is 12.1. The lowest BCUT2D eigenvalue weighted by Gasteiger charge is -2.29. The highest BCUT2D eigenvalue weighted by Crippen LogP contribution is 2.26. The van der Waals surface area contributed by atoms with Crippen LogP contribution < -0.4 is 16.4 Å². The van der Waals surface area contributed by atoms with E-state index in [1.165, 1.54) is 6.42 Å². The number of oxime groups is 1. The van der Waals surface area contributed by atoms with Gasteiger partial charge < -0.3 is 21.6 Å². The number of carbonyl (C=O) groups excluding carboxylic acids is 1. The Hall–Kier alpha value is -2.24. The predicted molar refractivity (Wildman–Crippen MR) is 82.4 cm³/mol. The highest BCUT2D eigenvalue weighted by Gasteiger charge is 2.28. The fraction of sp³-hybridized carbons (Fsp3) is 0.467. The van der Waals surface area contributed by atoms with Gasteiger partial charge in [-0.15, -0.1) is 0 Å². The third-order valence-electron chi connectivity index (χ3n) is 3.87. The average Bonchev–Trinajstić information content (AvgIpc) is 2.53. The molecule has 114 valence electrons. The number of para-hydroxylation sites is 1. The topological polar surface area (TPSA) is 99.7 Å². The van der Waals surface area contributed by atoms with E-state index in [-0.39, 0.29) is 17.8 Å². The number of hydrogen-bond donors (Lipinski definition) is 4. The molecule has 1 atom stereocenters. The van der Waals surface area contributed by atoms with Gasteiger partial charge in [0.15, 0.2) is 5.84 Å². The number of benzene rings is 1. The van der Waals surface area contributed by atoms with E-state index in [2.05, 4.69) is 15.8 Å². The van der Waals surface area contributed by atoms with Crippen LogP contribution in [0.3, 0.4) is 0 Å². The molecule has 6 nitrogen and oxygen atoms in total. The molecular weight excluding hydrogens is 268 g/mol. The SMILES string of the molecule is N/C(=N/O)C(NC(=O)Nc1ccccc1)C1CCCCC1. The zero-order valence-corrected chi connectivity index (χ0v) is 12.0.